The van der Waals surface area contributed by atoms with Gasteiger partial charge in [0.1, 0.15) is 35.3 Å². The third-order valence-electron chi connectivity index (χ3n) is 9.18. The number of aryl methyl sites for hydroxylation is 1. The molecule has 5 aromatic rings. The SMILES string of the molecule is CCn1cncc1Cn1c(CN2C[C@@H]3C(c4nc(OCc5ccc(C#N)cc5F)ccc4F)[C@@H]3C2)nc2c(OC)cc(C(=O)O)cc21. The first-order valence-electron chi connectivity index (χ1n) is 15.3. The number of aromatic carboxylic acids is 1. The minimum Gasteiger partial charge on any atom is -0.494 e. The zero-order valence-corrected chi connectivity index (χ0v) is 25.7. The summed E-state index contributed by atoms with van der Waals surface area (Å²) in [5.41, 5.74) is 3.16. The number of hydrogen-bond acceptors (Lipinski definition) is 8. The minimum atomic E-state index is -1.06. The number of carboxylic acid groups (broad SMARTS) is 1. The zero-order valence-electron chi connectivity index (χ0n) is 25.7. The molecule has 0 amide bonds. The molecule has 47 heavy (non-hydrogen) atoms. The highest BCUT2D eigenvalue weighted by atomic mass is 19.1. The van der Waals surface area contributed by atoms with E-state index < -0.39 is 17.6 Å². The number of hydrogen-bond donors (Lipinski definition) is 1. The molecule has 3 atom stereocenters. The van der Waals surface area contributed by atoms with E-state index in [1.807, 2.05) is 22.1 Å². The van der Waals surface area contributed by atoms with Gasteiger partial charge in [-0.05, 0) is 49.1 Å². The second-order valence-corrected chi connectivity index (χ2v) is 11.9. The van der Waals surface area contributed by atoms with Crippen molar-refractivity contribution < 1.29 is 28.2 Å². The van der Waals surface area contributed by atoms with Crippen molar-refractivity contribution >= 4 is 17.0 Å². The number of carboxylic acids is 1. The molecule has 2 aliphatic rings. The van der Waals surface area contributed by atoms with Crippen LogP contribution in [0.5, 0.6) is 11.6 Å². The van der Waals surface area contributed by atoms with Gasteiger partial charge in [-0.3, -0.25) is 4.90 Å². The van der Waals surface area contributed by atoms with Gasteiger partial charge in [0.25, 0.3) is 0 Å². The van der Waals surface area contributed by atoms with Crippen LogP contribution in [0.4, 0.5) is 8.78 Å². The lowest BCUT2D eigenvalue weighted by Gasteiger charge is -2.20. The number of piperidine rings is 1. The Hall–Kier alpha value is -5.35. The number of aromatic nitrogens is 5. The number of likely N-dealkylation sites (tertiary alicyclic amines) is 1. The number of ether oxygens (including phenoxy) is 2. The standard InChI is InChI=1S/C34H31F2N7O4/c1-3-42-18-38-12-22(42)13-43-27-9-21(34(44)45)10-28(46-2)33(27)39-29(43)16-41-14-23-24(15-41)31(23)32-25(35)6-7-30(40-32)47-17-20-5-4-19(11-37)8-26(20)36/h4-10,12,18,23-24,31H,3,13-17H2,1-2H3,(H,44,45)/t23-,24+,31?. The largest absolute Gasteiger partial charge is 0.494 e. The molecule has 1 saturated carbocycles. The molecule has 240 valence electrons. The molecule has 1 aliphatic carbocycles. The Morgan fingerprint density at radius 3 is 2.60 bits per heavy atom. The normalized spacial score (nSPS) is 18.7. The lowest BCUT2D eigenvalue weighted by molar-refractivity contribution is 0.0696. The molecule has 0 bridgehead atoms. The van der Waals surface area contributed by atoms with Crippen LogP contribution in [0, 0.1) is 34.8 Å². The number of rotatable bonds is 11. The summed E-state index contributed by atoms with van der Waals surface area (Å²) in [5, 5.41) is 18.7. The van der Waals surface area contributed by atoms with Crippen molar-refractivity contribution in [3.63, 3.8) is 0 Å². The fourth-order valence-electron chi connectivity index (χ4n) is 6.73. The van der Waals surface area contributed by atoms with Gasteiger partial charge in [0.05, 0.1) is 60.6 Å². The van der Waals surface area contributed by atoms with Gasteiger partial charge in [-0.2, -0.15) is 5.26 Å². The summed E-state index contributed by atoms with van der Waals surface area (Å²) in [4.78, 5) is 27.9. The quantitative estimate of drug-likeness (QED) is 0.213. The molecule has 2 fully saturated rings. The van der Waals surface area contributed by atoms with Gasteiger partial charge in [-0.15, -0.1) is 0 Å². The Kier molecular flexibility index (Phi) is 7.81. The van der Waals surface area contributed by atoms with Crippen molar-refractivity contribution in [2.24, 2.45) is 11.8 Å². The highest BCUT2D eigenvalue weighted by Gasteiger charge is 2.57. The van der Waals surface area contributed by atoms with Crippen molar-refractivity contribution in [3.8, 4) is 17.7 Å². The summed E-state index contributed by atoms with van der Waals surface area (Å²) in [6.45, 7) is 5.06. The third-order valence-corrected chi connectivity index (χ3v) is 9.18. The Labute approximate surface area is 268 Å². The number of pyridine rings is 1. The van der Waals surface area contributed by atoms with E-state index in [2.05, 4.69) is 14.9 Å². The van der Waals surface area contributed by atoms with Crippen molar-refractivity contribution in [1.82, 2.24) is 29.0 Å². The lowest BCUT2D eigenvalue weighted by Crippen LogP contribution is -2.26. The van der Waals surface area contributed by atoms with Gasteiger partial charge < -0.3 is 23.7 Å². The fourth-order valence-corrected chi connectivity index (χ4v) is 6.73. The van der Waals surface area contributed by atoms with E-state index >= 15 is 0 Å². The lowest BCUT2D eigenvalue weighted by atomic mass is 10.1. The number of imidazole rings is 2. The predicted molar refractivity (Wildman–Crippen MR) is 165 cm³/mol. The first kappa shape index (κ1) is 30.3. The van der Waals surface area contributed by atoms with E-state index in [4.69, 9.17) is 19.7 Å². The van der Waals surface area contributed by atoms with E-state index in [0.29, 0.717) is 48.7 Å². The van der Waals surface area contributed by atoms with Gasteiger partial charge in [0.2, 0.25) is 5.88 Å². The average Bonchev–Trinajstić information content (AvgIpc) is 3.42. The molecule has 1 saturated heterocycles. The van der Waals surface area contributed by atoms with Crippen LogP contribution in [0.15, 0.2) is 55.0 Å². The molecular formula is C34H31F2N7O4. The van der Waals surface area contributed by atoms with Crippen LogP contribution < -0.4 is 9.47 Å². The summed E-state index contributed by atoms with van der Waals surface area (Å²) in [7, 11) is 1.50. The fraction of sp³-hybridized carbons (Fsp3) is 0.324. The molecule has 11 nitrogen and oxygen atoms in total. The number of fused-ring (bicyclic) bond motifs is 2. The molecule has 3 aromatic heterocycles. The van der Waals surface area contributed by atoms with Crippen LogP contribution in [-0.2, 0) is 26.2 Å². The van der Waals surface area contributed by atoms with Crippen LogP contribution in [0.25, 0.3) is 11.0 Å². The predicted octanol–water partition coefficient (Wildman–Crippen LogP) is 4.98. The molecular weight excluding hydrogens is 608 g/mol. The van der Waals surface area contributed by atoms with Crippen molar-refractivity contribution in [2.45, 2.75) is 39.1 Å². The summed E-state index contributed by atoms with van der Waals surface area (Å²) >= 11 is 0. The molecule has 4 heterocycles. The number of carbonyl (C=O) groups is 1. The Morgan fingerprint density at radius 2 is 1.89 bits per heavy atom. The molecule has 7 rings (SSSR count). The Bertz CT molecular complexity index is 2040. The number of nitrogens with zero attached hydrogens (tertiary/aromatic N) is 7. The van der Waals surface area contributed by atoms with E-state index in [9.17, 15) is 18.7 Å². The number of nitriles is 1. The van der Waals surface area contributed by atoms with Crippen molar-refractivity contribution in [1.29, 1.82) is 5.26 Å². The molecule has 1 unspecified atom stereocenters. The van der Waals surface area contributed by atoms with Crippen molar-refractivity contribution in [2.75, 3.05) is 20.2 Å². The van der Waals surface area contributed by atoms with Crippen molar-refractivity contribution in [3.05, 3.63) is 101 Å². The second kappa shape index (κ2) is 12.1. The van der Waals surface area contributed by atoms with Gasteiger partial charge >= 0.3 is 5.97 Å². The smallest absolute Gasteiger partial charge is 0.335 e. The van der Waals surface area contributed by atoms with Gasteiger partial charge in [0.15, 0.2) is 0 Å². The molecule has 2 aromatic carbocycles. The maximum absolute atomic E-state index is 15.0. The summed E-state index contributed by atoms with van der Waals surface area (Å²) in [5.74, 6) is -0.292. The highest BCUT2D eigenvalue weighted by molar-refractivity contribution is 5.95. The first-order chi connectivity index (χ1) is 22.8. The molecule has 0 spiro atoms. The van der Waals surface area contributed by atoms with E-state index in [-0.39, 0.29) is 46.9 Å². The van der Waals surface area contributed by atoms with Gasteiger partial charge in [0, 0.05) is 43.4 Å². The maximum Gasteiger partial charge on any atom is 0.335 e. The van der Waals surface area contributed by atoms with Crippen LogP contribution in [0.1, 0.15) is 51.5 Å². The number of methoxy groups -OCH3 is 1. The topological polar surface area (TPSA) is 131 Å². The molecule has 0 radical (unpaired) electrons. The zero-order chi connectivity index (χ0) is 32.8. The van der Waals surface area contributed by atoms with Gasteiger partial charge in [-0.25, -0.2) is 28.5 Å². The van der Waals surface area contributed by atoms with Crippen LogP contribution in [0.2, 0.25) is 0 Å². The minimum absolute atomic E-state index is 0.0580. The number of halogens is 2. The van der Waals surface area contributed by atoms with Crippen LogP contribution >= 0.6 is 0 Å². The van der Waals surface area contributed by atoms with E-state index in [0.717, 1.165) is 24.1 Å². The summed E-state index contributed by atoms with van der Waals surface area (Å²) in [6.07, 6.45) is 3.57. The first-order valence-corrected chi connectivity index (χ1v) is 15.3. The summed E-state index contributed by atoms with van der Waals surface area (Å²) < 4.78 is 44.6. The third kappa shape index (κ3) is 5.65. The summed E-state index contributed by atoms with van der Waals surface area (Å²) in [6, 6.07) is 11.9. The maximum atomic E-state index is 15.0. The Balaban J connectivity index is 1.09. The Morgan fingerprint density at radius 1 is 1.09 bits per heavy atom. The molecule has 1 N–H and O–H groups in total. The van der Waals surface area contributed by atoms with Gasteiger partial charge in [-0.1, -0.05) is 6.07 Å². The molecule has 1 aliphatic heterocycles. The monoisotopic (exact) mass is 639 g/mol. The van der Waals surface area contributed by atoms with E-state index in [1.54, 1.807) is 18.6 Å². The van der Waals surface area contributed by atoms with Crippen LogP contribution in [0.3, 0.4) is 0 Å². The number of benzene rings is 2. The highest BCUT2D eigenvalue weighted by Crippen LogP contribution is 2.58. The van der Waals surface area contributed by atoms with Crippen LogP contribution in [-0.4, -0.2) is 60.3 Å². The second-order valence-electron chi connectivity index (χ2n) is 11.9. The molecule has 13 heteroatoms. The average molecular weight is 640 g/mol. The van der Waals surface area contributed by atoms with E-state index in [1.165, 1.54) is 37.4 Å².